The van der Waals surface area contributed by atoms with Crippen molar-refractivity contribution in [1.29, 1.82) is 0 Å². The first-order chi connectivity index (χ1) is 7.14. The molecule has 1 radical (unpaired) electrons. The molecule has 0 amide bonds. The number of hydrogen-bond donors (Lipinski definition) is 2. The SMILES string of the molecule is CO[B]NS(=O)(=O)NCc1ccccc1. The molecule has 0 aliphatic carbocycles. The number of benzene rings is 1. The molecular weight excluding hydrogens is 215 g/mol. The van der Waals surface area contributed by atoms with Gasteiger partial charge >= 0.3 is 7.62 Å². The second-order valence-corrected chi connectivity index (χ2v) is 4.31. The molecule has 0 saturated carbocycles. The summed E-state index contributed by atoms with van der Waals surface area (Å²) in [5.41, 5.74) is 0.889. The summed E-state index contributed by atoms with van der Waals surface area (Å²) in [6.07, 6.45) is 0. The van der Waals surface area contributed by atoms with Crippen LogP contribution in [0.3, 0.4) is 0 Å². The number of hydrogen-bond acceptors (Lipinski definition) is 3. The number of rotatable bonds is 6. The molecule has 15 heavy (non-hydrogen) atoms. The van der Waals surface area contributed by atoms with Crippen LogP contribution in [0.25, 0.3) is 0 Å². The molecule has 2 N–H and O–H groups in total. The van der Waals surface area contributed by atoms with Gasteiger partial charge < -0.3 is 4.65 Å². The van der Waals surface area contributed by atoms with E-state index in [0.29, 0.717) is 0 Å². The third kappa shape index (κ3) is 4.94. The lowest BCUT2D eigenvalue weighted by atomic mass is 10.2. The quantitative estimate of drug-likeness (QED) is 0.661. The summed E-state index contributed by atoms with van der Waals surface area (Å²) in [5.74, 6) is 0. The van der Waals surface area contributed by atoms with Crippen molar-refractivity contribution in [2.45, 2.75) is 6.54 Å². The lowest BCUT2D eigenvalue weighted by molar-refractivity contribution is 0.437. The van der Waals surface area contributed by atoms with Crippen LogP contribution in [0.15, 0.2) is 30.3 Å². The van der Waals surface area contributed by atoms with Gasteiger partial charge in [0.1, 0.15) is 0 Å². The minimum atomic E-state index is -3.52. The fourth-order valence-electron chi connectivity index (χ4n) is 0.927. The summed E-state index contributed by atoms with van der Waals surface area (Å²) in [4.78, 5) is 0. The Labute approximate surface area is 90.3 Å². The normalized spacial score (nSPS) is 11.3. The van der Waals surface area contributed by atoms with Crippen LogP contribution in [0, 0.1) is 0 Å². The smallest absolute Gasteiger partial charge is 0.411 e. The van der Waals surface area contributed by atoms with Crippen molar-refractivity contribution in [3.05, 3.63) is 35.9 Å². The fraction of sp³-hybridized carbons (Fsp3) is 0.250. The number of nitrogens with one attached hydrogen (secondary N) is 2. The molecule has 1 aromatic carbocycles. The van der Waals surface area contributed by atoms with Crippen molar-refractivity contribution in [3.8, 4) is 0 Å². The summed E-state index contributed by atoms with van der Waals surface area (Å²) in [7, 11) is -1.17. The average Bonchev–Trinajstić information content (AvgIpc) is 2.25. The molecule has 0 aromatic heterocycles. The highest BCUT2D eigenvalue weighted by Gasteiger charge is 2.08. The summed E-state index contributed by atoms with van der Waals surface area (Å²) in [5, 5.41) is 0. The van der Waals surface area contributed by atoms with Gasteiger partial charge in [0.2, 0.25) is 0 Å². The van der Waals surface area contributed by atoms with Crippen molar-refractivity contribution >= 4 is 17.8 Å². The zero-order valence-corrected chi connectivity index (χ0v) is 9.12. The van der Waals surface area contributed by atoms with Crippen molar-refractivity contribution in [2.24, 2.45) is 0 Å². The van der Waals surface area contributed by atoms with Gasteiger partial charge in [0.05, 0.1) is 0 Å². The van der Waals surface area contributed by atoms with Crippen molar-refractivity contribution in [1.82, 2.24) is 9.36 Å². The second-order valence-electron chi connectivity index (χ2n) is 2.78. The van der Waals surface area contributed by atoms with Gasteiger partial charge in [-0.15, -0.1) is 0 Å². The molecule has 0 atom stereocenters. The largest absolute Gasteiger partial charge is 0.426 e. The molecule has 0 unspecified atom stereocenters. The zero-order chi connectivity index (χ0) is 11.1. The van der Waals surface area contributed by atoms with Crippen LogP contribution in [0.2, 0.25) is 0 Å². The Hall–Kier alpha value is -0.885. The molecule has 0 aliphatic rings. The van der Waals surface area contributed by atoms with Crippen LogP contribution < -0.4 is 9.36 Å². The highest BCUT2D eigenvalue weighted by Crippen LogP contribution is 1.97. The highest BCUT2D eigenvalue weighted by atomic mass is 32.2. The fourth-order valence-corrected chi connectivity index (χ4v) is 1.59. The van der Waals surface area contributed by atoms with Crippen molar-refractivity contribution in [2.75, 3.05) is 7.11 Å². The van der Waals surface area contributed by atoms with Gasteiger partial charge in [-0.1, -0.05) is 30.3 Å². The molecule has 0 saturated heterocycles. The van der Waals surface area contributed by atoms with Gasteiger partial charge in [0.15, 0.2) is 0 Å². The van der Waals surface area contributed by atoms with Crippen molar-refractivity contribution < 1.29 is 13.1 Å². The predicted molar refractivity (Wildman–Crippen MR) is 58.1 cm³/mol. The van der Waals surface area contributed by atoms with Gasteiger partial charge in [-0.3, -0.25) is 0 Å². The summed E-state index contributed by atoms with van der Waals surface area (Å²) in [6.45, 7) is 0.244. The summed E-state index contributed by atoms with van der Waals surface area (Å²) >= 11 is 0. The van der Waals surface area contributed by atoms with Crippen LogP contribution in [0.4, 0.5) is 0 Å². The first-order valence-corrected chi connectivity index (χ1v) is 5.78. The van der Waals surface area contributed by atoms with Gasteiger partial charge in [-0.25, -0.2) is 4.63 Å². The van der Waals surface area contributed by atoms with E-state index in [2.05, 4.69) is 14.0 Å². The Bertz CT molecular complexity index is 382. The van der Waals surface area contributed by atoms with E-state index < -0.39 is 10.2 Å². The van der Waals surface area contributed by atoms with Crippen molar-refractivity contribution in [3.63, 3.8) is 0 Å². The minimum Gasteiger partial charge on any atom is -0.426 e. The van der Waals surface area contributed by atoms with E-state index >= 15 is 0 Å². The van der Waals surface area contributed by atoms with Gasteiger partial charge in [-0.2, -0.15) is 13.1 Å². The Morgan fingerprint density at radius 3 is 2.60 bits per heavy atom. The molecule has 0 bridgehead atoms. The van der Waals surface area contributed by atoms with Gasteiger partial charge in [0.25, 0.3) is 10.2 Å². The molecule has 0 aliphatic heterocycles. The zero-order valence-electron chi connectivity index (χ0n) is 8.30. The van der Waals surface area contributed by atoms with E-state index in [1.807, 2.05) is 30.3 Å². The molecule has 0 heterocycles. The molecule has 1 rings (SSSR count). The summed E-state index contributed by atoms with van der Waals surface area (Å²) in [6, 6.07) is 9.23. The lowest BCUT2D eigenvalue weighted by Crippen LogP contribution is -2.38. The molecule has 0 spiro atoms. The van der Waals surface area contributed by atoms with Crippen LogP contribution in [-0.2, 0) is 21.4 Å². The van der Waals surface area contributed by atoms with Crippen LogP contribution >= 0.6 is 0 Å². The van der Waals surface area contributed by atoms with E-state index in [-0.39, 0.29) is 6.54 Å². The van der Waals surface area contributed by atoms with Gasteiger partial charge in [0, 0.05) is 13.7 Å². The topological polar surface area (TPSA) is 67.4 Å². The van der Waals surface area contributed by atoms with Crippen LogP contribution in [0.5, 0.6) is 0 Å². The highest BCUT2D eigenvalue weighted by molar-refractivity contribution is 7.88. The molecule has 81 valence electrons. The molecular formula is C8H12BN2O3S. The monoisotopic (exact) mass is 227 g/mol. The Kier molecular flexibility index (Phi) is 4.77. The standard InChI is InChI=1S/C8H12BN2O3S/c1-14-9-11-15(12,13)10-7-8-5-3-2-4-6-8/h2-6,10-11H,7H2,1H3. The Balaban J connectivity index is 2.43. The minimum absolute atomic E-state index is 0.244. The first-order valence-electron chi connectivity index (χ1n) is 4.29. The van der Waals surface area contributed by atoms with E-state index in [0.717, 1.165) is 13.2 Å². The Morgan fingerprint density at radius 1 is 1.33 bits per heavy atom. The van der Waals surface area contributed by atoms with E-state index in [4.69, 9.17) is 0 Å². The van der Waals surface area contributed by atoms with E-state index in [1.54, 1.807) is 0 Å². The van der Waals surface area contributed by atoms with Crippen LogP contribution in [-0.4, -0.2) is 23.1 Å². The third-order valence-corrected chi connectivity index (χ3v) is 2.56. The molecule has 1 aromatic rings. The molecule has 0 fully saturated rings. The van der Waals surface area contributed by atoms with E-state index in [1.165, 1.54) is 7.11 Å². The maximum absolute atomic E-state index is 11.2. The maximum Gasteiger partial charge on any atom is 0.411 e. The molecule has 5 nitrogen and oxygen atoms in total. The lowest BCUT2D eigenvalue weighted by Gasteiger charge is -2.06. The first kappa shape index (κ1) is 12.2. The van der Waals surface area contributed by atoms with E-state index in [9.17, 15) is 8.42 Å². The summed E-state index contributed by atoms with van der Waals surface area (Å²) < 4.78 is 31.4. The van der Waals surface area contributed by atoms with Gasteiger partial charge in [-0.05, 0) is 5.56 Å². The third-order valence-electron chi connectivity index (χ3n) is 1.63. The Morgan fingerprint density at radius 2 is 2.00 bits per heavy atom. The molecule has 7 heteroatoms. The predicted octanol–water partition coefficient (Wildman–Crippen LogP) is -0.209. The van der Waals surface area contributed by atoms with Crippen LogP contribution in [0.1, 0.15) is 5.56 Å². The average molecular weight is 227 g/mol. The second kappa shape index (κ2) is 5.87. The maximum atomic E-state index is 11.2.